The molecule has 5 heteroatoms. The summed E-state index contributed by atoms with van der Waals surface area (Å²) in [6.07, 6.45) is 1.81. The Labute approximate surface area is 126 Å². The van der Waals surface area contributed by atoms with Crippen LogP contribution in [0.15, 0.2) is 48.7 Å². The van der Waals surface area contributed by atoms with Crippen LogP contribution in [0.4, 0.5) is 0 Å². The molecule has 3 aromatic heterocycles. The fraction of sp³-hybridized carbons (Fsp3) is 0.0625. The molecule has 1 aromatic carbocycles. The number of pyridine rings is 1. The van der Waals surface area contributed by atoms with Crippen LogP contribution in [0, 0.1) is 6.92 Å². The molecule has 0 aliphatic carbocycles. The zero-order chi connectivity index (χ0) is 14.4. The Morgan fingerprint density at radius 2 is 1.90 bits per heavy atom. The molecule has 0 atom stereocenters. The number of aryl methyl sites for hydroxylation is 1. The molecular weight excluding hydrogens is 284 g/mol. The lowest BCUT2D eigenvalue weighted by Gasteiger charge is -2.07. The van der Waals surface area contributed by atoms with Crippen molar-refractivity contribution in [2.75, 3.05) is 0 Å². The normalized spacial score (nSPS) is 11.3. The minimum Gasteiger partial charge on any atom is -0.236 e. The number of benzene rings is 1. The van der Waals surface area contributed by atoms with E-state index in [1.807, 2.05) is 55.6 Å². The van der Waals surface area contributed by atoms with Crippen molar-refractivity contribution in [1.29, 1.82) is 0 Å². The van der Waals surface area contributed by atoms with Crippen molar-refractivity contribution < 1.29 is 0 Å². The monoisotopic (exact) mass is 294 g/mol. The summed E-state index contributed by atoms with van der Waals surface area (Å²) in [6.45, 7) is 1.93. The predicted octanol–water partition coefficient (Wildman–Crippen LogP) is 3.91. The Morgan fingerprint density at radius 3 is 2.71 bits per heavy atom. The number of nitrogens with zero attached hydrogens (tertiary/aromatic N) is 4. The van der Waals surface area contributed by atoms with Crippen molar-refractivity contribution in [1.82, 2.24) is 19.6 Å². The van der Waals surface area contributed by atoms with E-state index in [2.05, 4.69) is 15.1 Å². The maximum atomic E-state index is 6.37. The van der Waals surface area contributed by atoms with Crippen molar-refractivity contribution in [3.63, 3.8) is 0 Å². The van der Waals surface area contributed by atoms with Crippen LogP contribution in [0.5, 0.6) is 0 Å². The maximum Gasteiger partial charge on any atom is 0.166 e. The first kappa shape index (κ1) is 12.3. The molecule has 4 aromatic rings. The van der Waals surface area contributed by atoms with Crippen molar-refractivity contribution in [3.05, 3.63) is 59.5 Å². The van der Waals surface area contributed by atoms with Crippen molar-refractivity contribution in [3.8, 4) is 11.1 Å². The van der Waals surface area contributed by atoms with Crippen LogP contribution in [0.3, 0.4) is 0 Å². The van der Waals surface area contributed by atoms with Gasteiger partial charge in [-0.1, -0.05) is 41.9 Å². The molecule has 4 nitrogen and oxygen atoms in total. The number of halogens is 1. The summed E-state index contributed by atoms with van der Waals surface area (Å²) >= 11 is 6.37. The molecule has 0 N–H and O–H groups in total. The summed E-state index contributed by atoms with van der Waals surface area (Å²) in [5, 5.41) is 5.80. The van der Waals surface area contributed by atoms with Crippen LogP contribution in [0.25, 0.3) is 27.8 Å². The lowest BCUT2D eigenvalue weighted by Crippen LogP contribution is -1.97. The standard InChI is InChI=1S/C16H11ClN4/c1-10-7-14-18-9-12-8-13(11-5-3-2-4-6-11)15(17)19-16(12)21(14)20-10/h2-9H,1H3. The molecule has 0 radical (unpaired) electrons. The SMILES string of the molecule is Cc1cc2ncc3cc(-c4ccccc4)c(Cl)nc3n2n1. The average molecular weight is 295 g/mol. The summed E-state index contributed by atoms with van der Waals surface area (Å²) in [7, 11) is 0. The molecule has 3 heterocycles. The zero-order valence-electron chi connectivity index (χ0n) is 11.3. The average Bonchev–Trinajstić information content (AvgIpc) is 2.88. The van der Waals surface area contributed by atoms with Gasteiger partial charge in [-0.3, -0.25) is 0 Å². The minimum atomic E-state index is 0.467. The Morgan fingerprint density at radius 1 is 1.10 bits per heavy atom. The van der Waals surface area contributed by atoms with E-state index in [1.54, 1.807) is 4.52 Å². The summed E-state index contributed by atoms with van der Waals surface area (Å²) in [4.78, 5) is 8.93. The third kappa shape index (κ3) is 1.96. The summed E-state index contributed by atoms with van der Waals surface area (Å²) in [6, 6.07) is 13.9. The number of hydrogen-bond donors (Lipinski definition) is 0. The van der Waals surface area contributed by atoms with E-state index in [-0.39, 0.29) is 0 Å². The van der Waals surface area contributed by atoms with Gasteiger partial charge in [0.25, 0.3) is 0 Å². The third-order valence-electron chi connectivity index (χ3n) is 3.42. The summed E-state index contributed by atoms with van der Waals surface area (Å²) in [5.74, 6) is 0. The Balaban J connectivity index is 2.04. The first-order chi connectivity index (χ1) is 10.2. The summed E-state index contributed by atoms with van der Waals surface area (Å²) in [5.41, 5.74) is 4.33. The predicted molar refractivity (Wildman–Crippen MR) is 83.5 cm³/mol. The molecule has 0 fully saturated rings. The fourth-order valence-electron chi connectivity index (χ4n) is 2.45. The lowest BCUT2D eigenvalue weighted by molar-refractivity contribution is 0.939. The van der Waals surface area contributed by atoms with Crippen molar-refractivity contribution in [2.45, 2.75) is 6.92 Å². The molecule has 4 rings (SSSR count). The van der Waals surface area contributed by atoms with Gasteiger partial charge in [-0.05, 0) is 18.6 Å². The minimum absolute atomic E-state index is 0.467. The van der Waals surface area contributed by atoms with E-state index >= 15 is 0 Å². The zero-order valence-corrected chi connectivity index (χ0v) is 12.0. The molecule has 102 valence electrons. The highest BCUT2D eigenvalue weighted by molar-refractivity contribution is 6.32. The van der Waals surface area contributed by atoms with E-state index in [0.29, 0.717) is 5.15 Å². The van der Waals surface area contributed by atoms with E-state index in [1.165, 1.54) is 0 Å². The van der Waals surface area contributed by atoms with Gasteiger partial charge in [-0.25, -0.2) is 9.97 Å². The number of fused-ring (bicyclic) bond motifs is 3. The van der Waals surface area contributed by atoms with Crippen LogP contribution < -0.4 is 0 Å². The van der Waals surface area contributed by atoms with Gasteiger partial charge in [0.05, 0.1) is 5.69 Å². The molecule has 0 aliphatic heterocycles. The van der Waals surface area contributed by atoms with Gasteiger partial charge in [0, 0.05) is 23.2 Å². The van der Waals surface area contributed by atoms with Crippen LogP contribution in [-0.4, -0.2) is 19.6 Å². The summed E-state index contributed by atoms with van der Waals surface area (Å²) < 4.78 is 1.73. The molecule has 0 saturated carbocycles. The second kappa shape index (κ2) is 4.53. The van der Waals surface area contributed by atoms with Crippen LogP contribution in [0.2, 0.25) is 5.15 Å². The molecule has 0 spiro atoms. The quantitative estimate of drug-likeness (QED) is 0.500. The first-order valence-electron chi connectivity index (χ1n) is 6.59. The van der Waals surface area contributed by atoms with E-state index in [0.717, 1.165) is 33.5 Å². The van der Waals surface area contributed by atoms with Gasteiger partial charge in [-0.15, -0.1) is 0 Å². The Hall–Kier alpha value is -2.46. The van der Waals surface area contributed by atoms with Gasteiger partial charge in [0.2, 0.25) is 0 Å². The topological polar surface area (TPSA) is 43.1 Å². The molecule has 0 saturated heterocycles. The van der Waals surface area contributed by atoms with E-state index < -0.39 is 0 Å². The van der Waals surface area contributed by atoms with Crippen molar-refractivity contribution >= 4 is 28.3 Å². The van der Waals surface area contributed by atoms with Gasteiger partial charge < -0.3 is 0 Å². The highest BCUT2D eigenvalue weighted by Crippen LogP contribution is 2.29. The van der Waals surface area contributed by atoms with Crippen LogP contribution in [0.1, 0.15) is 5.69 Å². The Bertz CT molecular complexity index is 960. The van der Waals surface area contributed by atoms with E-state index in [9.17, 15) is 0 Å². The molecule has 0 unspecified atom stereocenters. The van der Waals surface area contributed by atoms with Gasteiger partial charge in [0.1, 0.15) is 5.15 Å². The molecule has 0 aliphatic rings. The molecule has 0 bridgehead atoms. The van der Waals surface area contributed by atoms with Gasteiger partial charge >= 0.3 is 0 Å². The second-order valence-electron chi connectivity index (χ2n) is 4.92. The molecule has 21 heavy (non-hydrogen) atoms. The lowest BCUT2D eigenvalue weighted by atomic mass is 10.1. The van der Waals surface area contributed by atoms with Crippen LogP contribution >= 0.6 is 11.6 Å². The third-order valence-corrected chi connectivity index (χ3v) is 3.71. The number of rotatable bonds is 1. The maximum absolute atomic E-state index is 6.37. The molecular formula is C16H11ClN4. The van der Waals surface area contributed by atoms with E-state index in [4.69, 9.17) is 11.6 Å². The first-order valence-corrected chi connectivity index (χ1v) is 6.97. The van der Waals surface area contributed by atoms with Crippen molar-refractivity contribution in [2.24, 2.45) is 0 Å². The highest BCUT2D eigenvalue weighted by atomic mass is 35.5. The highest BCUT2D eigenvalue weighted by Gasteiger charge is 2.11. The Kier molecular flexibility index (Phi) is 2.65. The smallest absolute Gasteiger partial charge is 0.166 e. The fourth-order valence-corrected chi connectivity index (χ4v) is 2.70. The van der Waals surface area contributed by atoms with Gasteiger partial charge in [-0.2, -0.15) is 9.61 Å². The largest absolute Gasteiger partial charge is 0.236 e. The number of hydrogen-bond acceptors (Lipinski definition) is 3. The molecule has 0 amide bonds. The van der Waals surface area contributed by atoms with Gasteiger partial charge in [0.15, 0.2) is 11.3 Å². The van der Waals surface area contributed by atoms with Crippen LogP contribution in [-0.2, 0) is 0 Å². The number of aromatic nitrogens is 4. The second-order valence-corrected chi connectivity index (χ2v) is 5.28.